The summed E-state index contributed by atoms with van der Waals surface area (Å²) >= 11 is 0. The minimum absolute atomic E-state index is 0.134. The molecule has 18 heavy (non-hydrogen) atoms. The Morgan fingerprint density at radius 3 is 2.83 bits per heavy atom. The molecule has 0 saturated heterocycles. The second kappa shape index (κ2) is 6.36. The Labute approximate surface area is 108 Å². The zero-order valence-electron chi connectivity index (χ0n) is 10.8. The third-order valence-electron chi connectivity index (χ3n) is 3.11. The fraction of sp³-hybridized carbons (Fsp3) is 0.400. The van der Waals surface area contributed by atoms with Crippen LogP contribution >= 0.6 is 0 Å². The molecule has 96 valence electrons. The van der Waals surface area contributed by atoms with Gasteiger partial charge in [-0.1, -0.05) is 13.0 Å². The van der Waals surface area contributed by atoms with Crippen molar-refractivity contribution >= 4 is 0 Å². The van der Waals surface area contributed by atoms with Crippen molar-refractivity contribution in [3.05, 3.63) is 53.7 Å². The Kier molecular flexibility index (Phi) is 4.53. The van der Waals surface area contributed by atoms with E-state index in [1.807, 2.05) is 18.3 Å². The SMILES string of the molecule is CCc1ccc(CC(N)CCc2ccco2)nc1. The summed E-state index contributed by atoms with van der Waals surface area (Å²) in [4.78, 5) is 4.43. The van der Waals surface area contributed by atoms with Crippen LogP contribution in [-0.4, -0.2) is 11.0 Å². The van der Waals surface area contributed by atoms with Gasteiger partial charge < -0.3 is 10.2 Å². The number of rotatable bonds is 6. The third-order valence-corrected chi connectivity index (χ3v) is 3.11. The first kappa shape index (κ1) is 12.8. The van der Waals surface area contributed by atoms with Crippen LogP contribution in [0.25, 0.3) is 0 Å². The number of aryl methyl sites for hydroxylation is 2. The maximum absolute atomic E-state index is 6.11. The number of nitrogens with zero attached hydrogens (tertiary/aromatic N) is 1. The molecule has 2 N–H and O–H groups in total. The molecule has 3 nitrogen and oxygen atoms in total. The van der Waals surface area contributed by atoms with Crippen LogP contribution < -0.4 is 5.73 Å². The highest BCUT2D eigenvalue weighted by atomic mass is 16.3. The van der Waals surface area contributed by atoms with Crippen LogP contribution in [0.3, 0.4) is 0 Å². The number of furan rings is 1. The first-order valence-corrected chi connectivity index (χ1v) is 6.49. The highest BCUT2D eigenvalue weighted by Crippen LogP contribution is 2.08. The van der Waals surface area contributed by atoms with E-state index in [0.717, 1.165) is 37.1 Å². The topological polar surface area (TPSA) is 52.0 Å². The summed E-state index contributed by atoms with van der Waals surface area (Å²) in [5, 5.41) is 0. The van der Waals surface area contributed by atoms with Gasteiger partial charge in [-0.25, -0.2) is 0 Å². The second-order valence-electron chi connectivity index (χ2n) is 4.59. The summed E-state index contributed by atoms with van der Waals surface area (Å²) in [6.07, 6.45) is 7.30. The second-order valence-corrected chi connectivity index (χ2v) is 4.59. The lowest BCUT2D eigenvalue weighted by Gasteiger charge is -2.10. The van der Waals surface area contributed by atoms with Gasteiger partial charge in [0.15, 0.2) is 0 Å². The van der Waals surface area contributed by atoms with Gasteiger partial charge in [0.05, 0.1) is 6.26 Å². The molecule has 2 rings (SSSR count). The normalized spacial score (nSPS) is 12.6. The molecule has 0 aliphatic heterocycles. The monoisotopic (exact) mass is 244 g/mol. The molecular formula is C15H20N2O. The summed E-state index contributed by atoms with van der Waals surface area (Å²) in [6.45, 7) is 2.13. The summed E-state index contributed by atoms with van der Waals surface area (Å²) in [5.41, 5.74) is 8.45. The van der Waals surface area contributed by atoms with Crippen LogP contribution in [0.4, 0.5) is 0 Å². The third kappa shape index (κ3) is 3.70. The molecule has 0 aliphatic rings. The predicted molar refractivity (Wildman–Crippen MR) is 72.3 cm³/mol. The van der Waals surface area contributed by atoms with E-state index in [2.05, 4.69) is 24.0 Å². The van der Waals surface area contributed by atoms with Crippen molar-refractivity contribution < 1.29 is 4.42 Å². The first-order chi connectivity index (χ1) is 8.78. The van der Waals surface area contributed by atoms with Crippen molar-refractivity contribution in [2.24, 2.45) is 5.73 Å². The Balaban J connectivity index is 1.80. The number of hydrogen-bond donors (Lipinski definition) is 1. The molecule has 0 radical (unpaired) electrons. The van der Waals surface area contributed by atoms with Gasteiger partial charge in [0, 0.05) is 30.8 Å². The van der Waals surface area contributed by atoms with Gasteiger partial charge in [0.2, 0.25) is 0 Å². The lowest BCUT2D eigenvalue weighted by molar-refractivity contribution is 0.483. The largest absolute Gasteiger partial charge is 0.469 e. The number of hydrogen-bond acceptors (Lipinski definition) is 3. The predicted octanol–water partition coefficient (Wildman–Crippen LogP) is 2.74. The van der Waals surface area contributed by atoms with Gasteiger partial charge >= 0.3 is 0 Å². The van der Waals surface area contributed by atoms with E-state index in [4.69, 9.17) is 10.2 Å². The maximum atomic E-state index is 6.11. The fourth-order valence-electron chi connectivity index (χ4n) is 1.94. The van der Waals surface area contributed by atoms with E-state index >= 15 is 0 Å². The summed E-state index contributed by atoms with van der Waals surface area (Å²) in [7, 11) is 0. The molecular weight excluding hydrogens is 224 g/mol. The van der Waals surface area contributed by atoms with E-state index in [0.29, 0.717) is 0 Å². The van der Waals surface area contributed by atoms with Crippen molar-refractivity contribution in [1.82, 2.24) is 4.98 Å². The lowest BCUT2D eigenvalue weighted by Crippen LogP contribution is -2.24. The first-order valence-electron chi connectivity index (χ1n) is 6.49. The molecule has 0 aliphatic carbocycles. The Hall–Kier alpha value is -1.61. The van der Waals surface area contributed by atoms with Crippen molar-refractivity contribution in [2.45, 2.75) is 38.6 Å². The van der Waals surface area contributed by atoms with Crippen LogP contribution in [-0.2, 0) is 19.3 Å². The number of pyridine rings is 1. The fourth-order valence-corrected chi connectivity index (χ4v) is 1.94. The van der Waals surface area contributed by atoms with Crippen molar-refractivity contribution in [2.75, 3.05) is 0 Å². The number of aromatic nitrogens is 1. The van der Waals surface area contributed by atoms with E-state index in [9.17, 15) is 0 Å². The Morgan fingerprint density at radius 1 is 1.33 bits per heavy atom. The van der Waals surface area contributed by atoms with Gasteiger partial charge in [-0.15, -0.1) is 0 Å². The summed E-state index contributed by atoms with van der Waals surface area (Å²) in [5.74, 6) is 1.000. The van der Waals surface area contributed by atoms with Gasteiger partial charge in [-0.2, -0.15) is 0 Å². The molecule has 0 bridgehead atoms. The Morgan fingerprint density at radius 2 is 2.22 bits per heavy atom. The molecule has 2 aromatic heterocycles. The zero-order valence-corrected chi connectivity index (χ0v) is 10.8. The molecule has 0 spiro atoms. The average molecular weight is 244 g/mol. The number of nitrogens with two attached hydrogens (primary N) is 1. The molecule has 0 fully saturated rings. The highest BCUT2D eigenvalue weighted by Gasteiger charge is 2.06. The summed E-state index contributed by atoms with van der Waals surface area (Å²) in [6, 6.07) is 8.23. The summed E-state index contributed by atoms with van der Waals surface area (Å²) < 4.78 is 5.29. The molecule has 0 amide bonds. The van der Waals surface area contributed by atoms with Crippen molar-refractivity contribution in [3.8, 4) is 0 Å². The van der Waals surface area contributed by atoms with Gasteiger partial charge in [0.1, 0.15) is 5.76 Å². The Bertz CT molecular complexity index is 448. The maximum Gasteiger partial charge on any atom is 0.103 e. The van der Waals surface area contributed by atoms with Crippen LogP contribution in [0.1, 0.15) is 30.4 Å². The lowest BCUT2D eigenvalue weighted by atomic mass is 10.0. The van der Waals surface area contributed by atoms with Crippen LogP contribution in [0, 0.1) is 0 Å². The molecule has 1 atom stereocenters. The van der Waals surface area contributed by atoms with Gasteiger partial charge in [-0.3, -0.25) is 4.98 Å². The van der Waals surface area contributed by atoms with Gasteiger partial charge in [0.25, 0.3) is 0 Å². The molecule has 0 saturated carbocycles. The molecule has 0 aromatic carbocycles. The zero-order chi connectivity index (χ0) is 12.8. The standard InChI is InChI=1S/C15H20N2O/c1-2-12-5-7-14(17-11-12)10-13(16)6-8-15-4-3-9-18-15/h3-5,7,9,11,13H,2,6,8,10,16H2,1H3. The van der Waals surface area contributed by atoms with Crippen LogP contribution in [0.15, 0.2) is 41.1 Å². The molecule has 2 heterocycles. The molecule has 2 aromatic rings. The highest BCUT2D eigenvalue weighted by molar-refractivity contribution is 5.14. The van der Waals surface area contributed by atoms with Crippen molar-refractivity contribution in [1.29, 1.82) is 0 Å². The van der Waals surface area contributed by atoms with E-state index in [1.54, 1.807) is 6.26 Å². The van der Waals surface area contributed by atoms with E-state index < -0.39 is 0 Å². The van der Waals surface area contributed by atoms with E-state index in [-0.39, 0.29) is 6.04 Å². The van der Waals surface area contributed by atoms with Crippen LogP contribution in [0.5, 0.6) is 0 Å². The van der Waals surface area contributed by atoms with Crippen LogP contribution in [0.2, 0.25) is 0 Å². The minimum atomic E-state index is 0.134. The molecule has 3 heteroatoms. The van der Waals surface area contributed by atoms with Crippen molar-refractivity contribution in [3.63, 3.8) is 0 Å². The average Bonchev–Trinajstić information content (AvgIpc) is 2.90. The van der Waals surface area contributed by atoms with E-state index in [1.165, 1.54) is 5.56 Å². The smallest absolute Gasteiger partial charge is 0.103 e. The quantitative estimate of drug-likeness (QED) is 0.850. The molecule has 1 unspecified atom stereocenters. The minimum Gasteiger partial charge on any atom is -0.469 e. The van der Waals surface area contributed by atoms with Gasteiger partial charge in [-0.05, 0) is 36.6 Å².